The summed E-state index contributed by atoms with van der Waals surface area (Å²) in [7, 11) is 0. The molecule has 0 unspecified atom stereocenters. The number of amides is 1. The largest absolute Gasteiger partial charge is 1.00 e. The maximum Gasteiger partial charge on any atom is 1.00 e. The Labute approximate surface area is 132 Å². The van der Waals surface area contributed by atoms with E-state index in [1.165, 1.54) is 22.1 Å². The van der Waals surface area contributed by atoms with E-state index in [2.05, 4.69) is 8.75 Å². The first-order valence-corrected chi connectivity index (χ1v) is 6.25. The quantitative estimate of drug-likeness (QED) is 0.318. The number of nitrogens with zero attached hydrogens (tertiary/aromatic N) is 3. The molecule has 1 aromatic rings. The molecule has 0 aliphatic carbocycles. The van der Waals surface area contributed by atoms with Crippen LogP contribution < -0.4 is 34.7 Å². The van der Waals surface area contributed by atoms with Crippen LogP contribution in [-0.4, -0.2) is 30.9 Å². The van der Waals surface area contributed by atoms with Gasteiger partial charge in [-0.15, -0.1) is 11.8 Å². The molecule has 6 nitrogen and oxygen atoms in total. The molecule has 1 aromatic heterocycles. The summed E-state index contributed by atoms with van der Waals surface area (Å²) >= 11 is 2.33. The predicted octanol–water partition coefficient (Wildman–Crippen LogP) is -3.57. The number of carboxylic acids is 1. The van der Waals surface area contributed by atoms with Gasteiger partial charge in [-0.1, -0.05) is 0 Å². The molecule has 3 rings (SSSR count). The van der Waals surface area contributed by atoms with Crippen molar-refractivity contribution in [2.24, 2.45) is 0 Å². The number of carbonyl (C=O) groups excluding carboxylic acids is 2. The topological polar surface area (TPSA) is 86.2 Å². The molecule has 1 saturated heterocycles. The van der Waals surface area contributed by atoms with E-state index in [1.54, 1.807) is 12.3 Å². The second-order valence-corrected chi connectivity index (χ2v) is 4.90. The summed E-state index contributed by atoms with van der Waals surface area (Å²) in [5.74, 6) is -1.65. The van der Waals surface area contributed by atoms with Gasteiger partial charge in [0.15, 0.2) is 0 Å². The molecule has 3 heterocycles. The van der Waals surface area contributed by atoms with E-state index < -0.39 is 5.97 Å². The summed E-state index contributed by atoms with van der Waals surface area (Å²) < 4.78 is 7.79. The number of fused-ring (bicyclic) bond motifs is 1. The molecule has 9 heteroatoms. The Bertz CT molecular complexity index is 570. The number of carbonyl (C=O) groups is 2. The van der Waals surface area contributed by atoms with Crippen molar-refractivity contribution in [1.82, 2.24) is 13.6 Å². The van der Waals surface area contributed by atoms with Gasteiger partial charge in [-0.2, -0.15) is 8.75 Å². The van der Waals surface area contributed by atoms with Gasteiger partial charge in [0.2, 0.25) is 0 Å². The smallest absolute Gasteiger partial charge is 0.543 e. The van der Waals surface area contributed by atoms with Gasteiger partial charge >= 0.3 is 29.6 Å². The van der Waals surface area contributed by atoms with Crippen molar-refractivity contribution >= 4 is 41.4 Å². The summed E-state index contributed by atoms with van der Waals surface area (Å²) in [6.45, 7) is 0. The third-order valence-corrected chi connectivity index (χ3v) is 4.00. The minimum absolute atomic E-state index is 0. The van der Waals surface area contributed by atoms with Gasteiger partial charge in [-0.05, 0) is 11.5 Å². The van der Waals surface area contributed by atoms with E-state index in [9.17, 15) is 14.7 Å². The zero-order valence-electron chi connectivity index (χ0n) is 9.19. The van der Waals surface area contributed by atoms with E-state index in [-0.39, 0.29) is 46.5 Å². The molecule has 0 bridgehead atoms. The zero-order valence-corrected chi connectivity index (χ0v) is 12.8. The first-order chi connectivity index (χ1) is 8.18. The Morgan fingerprint density at radius 2 is 2.33 bits per heavy atom. The molecule has 0 N–H and O–H groups in total. The molecular formula is C9H4N3NaO3S2. The van der Waals surface area contributed by atoms with E-state index in [0.29, 0.717) is 11.3 Å². The van der Waals surface area contributed by atoms with Gasteiger partial charge in [0.25, 0.3) is 5.91 Å². The van der Waals surface area contributed by atoms with Crippen molar-refractivity contribution in [3.8, 4) is 0 Å². The summed E-state index contributed by atoms with van der Waals surface area (Å²) in [5.41, 5.74) is 1.08. The fourth-order valence-electron chi connectivity index (χ4n) is 1.65. The third-order valence-electron chi connectivity index (χ3n) is 2.43. The van der Waals surface area contributed by atoms with E-state index in [4.69, 9.17) is 0 Å². The Balaban J connectivity index is 0.00000120. The summed E-state index contributed by atoms with van der Waals surface area (Å²) in [6, 6.07) is 0. The van der Waals surface area contributed by atoms with Crippen molar-refractivity contribution < 1.29 is 44.3 Å². The van der Waals surface area contributed by atoms with Crippen LogP contribution in [0.2, 0.25) is 0 Å². The fourth-order valence-corrected chi connectivity index (χ4v) is 3.16. The molecule has 0 spiro atoms. The minimum Gasteiger partial charge on any atom is -0.543 e. The fraction of sp³-hybridized carbons (Fsp3) is 0.111. The number of rotatable bonds is 2. The summed E-state index contributed by atoms with van der Waals surface area (Å²) in [5, 5.41) is 11.9. The Morgan fingerprint density at radius 3 is 2.94 bits per heavy atom. The van der Waals surface area contributed by atoms with Crippen LogP contribution in [0.5, 0.6) is 0 Å². The second-order valence-electron chi connectivity index (χ2n) is 3.39. The number of thioether (sulfide) groups is 1. The van der Waals surface area contributed by atoms with E-state index >= 15 is 0 Å². The van der Waals surface area contributed by atoms with Crippen LogP contribution in [0, 0.1) is 0 Å². The normalized spacial score (nSPS) is 23.2. The third kappa shape index (κ3) is 2.04. The predicted molar refractivity (Wildman–Crippen MR) is 59.2 cm³/mol. The van der Waals surface area contributed by atoms with Crippen molar-refractivity contribution in [3.05, 3.63) is 28.6 Å². The Kier molecular flexibility index (Phi) is 3.93. The van der Waals surface area contributed by atoms with Crippen molar-refractivity contribution in [3.63, 3.8) is 0 Å². The average Bonchev–Trinajstić information content (AvgIpc) is 2.93. The SMILES string of the molecule is O=C([O-])C1=CS[C@@H]2/C(=C/c3cnsn3)C(=O)N12.[Na+]. The summed E-state index contributed by atoms with van der Waals surface area (Å²) in [6.07, 6.45) is 3.19. The molecule has 1 atom stereocenters. The van der Waals surface area contributed by atoms with Gasteiger partial charge < -0.3 is 9.90 Å². The second kappa shape index (κ2) is 5.14. The van der Waals surface area contributed by atoms with Gasteiger partial charge in [0.05, 0.1) is 40.9 Å². The van der Waals surface area contributed by atoms with E-state index in [1.807, 2.05) is 0 Å². The van der Waals surface area contributed by atoms with E-state index in [0.717, 1.165) is 11.7 Å². The number of hydrogen-bond donors (Lipinski definition) is 0. The molecule has 0 aromatic carbocycles. The number of β-lactam (4-membered cyclic amide) rings is 1. The molecule has 2 aliphatic rings. The van der Waals surface area contributed by atoms with Crippen molar-refractivity contribution in [2.75, 3.05) is 0 Å². The molecule has 2 aliphatic heterocycles. The Morgan fingerprint density at radius 1 is 1.56 bits per heavy atom. The molecule has 1 fully saturated rings. The summed E-state index contributed by atoms with van der Waals surface area (Å²) in [4.78, 5) is 23.7. The number of carboxylic acid groups (broad SMARTS) is 1. The van der Waals surface area contributed by atoms with Crippen molar-refractivity contribution in [1.29, 1.82) is 0 Å². The van der Waals surface area contributed by atoms with Crippen molar-refractivity contribution in [2.45, 2.75) is 5.37 Å². The van der Waals surface area contributed by atoms with Crippen LogP contribution in [0.4, 0.5) is 0 Å². The van der Waals surface area contributed by atoms with Gasteiger partial charge in [0.1, 0.15) is 5.37 Å². The van der Waals surface area contributed by atoms with Crippen LogP contribution >= 0.6 is 23.5 Å². The van der Waals surface area contributed by atoms with Crippen LogP contribution in [0.3, 0.4) is 0 Å². The molecule has 0 saturated carbocycles. The van der Waals surface area contributed by atoms with Crippen LogP contribution in [0.25, 0.3) is 6.08 Å². The van der Waals surface area contributed by atoms with Gasteiger partial charge in [-0.25, -0.2) is 0 Å². The number of hydrogen-bond acceptors (Lipinski definition) is 7. The first kappa shape index (κ1) is 13.8. The number of aliphatic carboxylic acids is 1. The molecule has 86 valence electrons. The molecule has 18 heavy (non-hydrogen) atoms. The monoisotopic (exact) mass is 289 g/mol. The molecular weight excluding hydrogens is 285 g/mol. The molecule has 0 radical (unpaired) electrons. The van der Waals surface area contributed by atoms with Gasteiger partial charge in [-0.3, -0.25) is 9.69 Å². The minimum atomic E-state index is -1.33. The Hall–Kier alpha value is -0.670. The standard InChI is InChI=1S/C9H5N3O3S2.Na/c13-7-5(1-4-2-10-17-11-4)8-12(7)6(3-16-8)9(14)15;/h1-3,8H,(H,14,15);/q;+1/p-1/b5-1+;/t8-;/m1./s1. The van der Waals surface area contributed by atoms with Gasteiger partial charge in [0, 0.05) is 0 Å². The number of aromatic nitrogens is 2. The van der Waals surface area contributed by atoms with Crippen LogP contribution in [0.15, 0.2) is 22.9 Å². The van der Waals surface area contributed by atoms with Crippen LogP contribution in [-0.2, 0) is 9.59 Å². The average molecular weight is 289 g/mol. The molecule has 1 amide bonds. The maximum atomic E-state index is 11.8. The zero-order chi connectivity index (χ0) is 12.0. The maximum absolute atomic E-state index is 11.8. The first-order valence-electron chi connectivity index (χ1n) is 4.58. The van der Waals surface area contributed by atoms with Crippen LogP contribution in [0.1, 0.15) is 5.69 Å².